The van der Waals surface area contributed by atoms with E-state index >= 15 is 0 Å². The zero-order valence-corrected chi connectivity index (χ0v) is 14.2. The van der Waals surface area contributed by atoms with Crippen molar-refractivity contribution in [3.63, 3.8) is 0 Å². The van der Waals surface area contributed by atoms with Crippen LogP contribution in [0, 0.1) is 0 Å². The maximum atomic E-state index is 10.2. The van der Waals surface area contributed by atoms with Crippen LogP contribution in [0.1, 0.15) is 16.5 Å². The number of thiophene rings is 1. The predicted molar refractivity (Wildman–Crippen MR) is 82.5 cm³/mol. The van der Waals surface area contributed by atoms with Crippen LogP contribution >= 0.6 is 59.1 Å². The summed E-state index contributed by atoms with van der Waals surface area (Å²) in [6.07, 6.45) is 0.137. The highest BCUT2D eigenvalue weighted by atomic mass is 79.9. The Morgan fingerprint density at radius 1 is 1.12 bits per heavy atom. The Labute approximate surface area is 129 Å². The normalized spacial score (nSPS) is 12.7. The lowest BCUT2D eigenvalue weighted by Gasteiger charge is -2.12. The van der Waals surface area contributed by atoms with E-state index in [1.807, 2.05) is 30.3 Å². The molecule has 0 saturated heterocycles. The third-order valence-electron chi connectivity index (χ3n) is 2.34. The van der Waals surface area contributed by atoms with Gasteiger partial charge in [-0.05, 0) is 51.8 Å². The van der Waals surface area contributed by atoms with Crippen molar-refractivity contribution in [1.29, 1.82) is 0 Å². The number of aliphatic hydroxyl groups is 1. The number of rotatable bonds is 3. The molecule has 2 rings (SSSR count). The first-order valence-electron chi connectivity index (χ1n) is 4.93. The SMILES string of the molecule is OC(Cc1ccc(Br)s1)c1cc(Br)ccc1Br. The first-order chi connectivity index (χ1) is 8.06. The summed E-state index contributed by atoms with van der Waals surface area (Å²) in [6.45, 7) is 0. The Hall–Kier alpha value is 0.320. The maximum Gasteiger partial charge on any atom is 0.0849 e. The molecule has 1 unspecified atom stereocenters. The first-order valence-corrected chi connectivity index (χ1v) is 8.13. The Bertz CT molecular complexity index is 524. The van der Waals surface area contributed by atoms with Crippen molar-refractivity contribution >= 4 is 59.1 Å². The lowest BCUT2D eigenvalue weighted by molar-refractivity contribution is 0.178. The maximum absolute atomic E-state index is 10.2. The number of hydrogen-bond acceptors (Lipinski definition) is 2. The van der Waals surface area contributed by atoms with Gasteiger partial charge in [0, 0.05) is 20.2 Å². The average molecular weight is 441 g/mol. The van der Waals surface area contributed by atoms with Crippen molar-refractivity contribution in [3.8, 4) is 0 Å². The van der Waals surface area contributed by atoms with Crippen molar-refractivity contribution in [1.82, 2.24) is 0 Å². The standard InChI is InChI=1S/C12H9Br3OS/c13-7-1-3-10(14)9(5-7)11(16)6-8-2-4-12(15)17-8/h1-5,11,16H,6H2. The number of halogens is 3. The molecule has 17 heavy (non-hydrogen) atoms. The predicted octanol–water partition coefficient (Wildman–Crippen LogP) is 5.31. The molecular weight excluding hydrogens is 432 g/mol. The smallest absolute Gasteiger partial charge is 0.0849 e. The van der Waals surface area contributed by atoms with Crippen LogP contribution in [0.3, 0.4) is 0 Å². The van der Waals surface area contributed by atoms with Gasteiger partial charge in [0.05, 0.1) is 9.89 Å². The van der Waals surface area contributed by atoms with Crippen LogP contribution < -0.4 is 0 Å². The first kappa shape index (κ1) is 13.7. The molecule has 0 spiro atoms. The highest BCUT2D eigenvalue weighted by Crippen LogP contribution is 2.31. The highest BCUT2D eigenvalue weighted by Gasteiger charge is 2.13. The number of benzene rings is 1. The monoisotopic (exact) mass is 438 g/mol. The minimum absolute atomic E-state index is 0.493. The van der Waals surface area contributed by atoms with Crippen LogP contribution in [0.4, 0.5) is 0 Å². The Balaban J connectivity index is 2.19. The van der Waals surface area contributed by atoms with Gasteiger partial charge in [0.2, 0.25) is 0 Å². The summed E-state index contributed by atoms with van der Waals surface area (Å²) in [4.78, 5) is 1.16. The van der Waals surface area contributed by atoms with Crippen molar-refractivity contribution in [3.05, 3.63) is 53.5 Å². The summed E-state index contributed by atoms with van der Waals surface area (Å²) in [5.41, 5.74) is 0.906. The van der Waals surface area contributed by atoms with E-state index in [2.05, 4.69) is 47.8 Å². The zero-order chi connectivity index (χ0) is 12.4. The van der Waals surface area contributed by atoms with E-state index in [9.17, 15) is 5.11 Å². The molecule has 5 heteroatoms. The molecule has 1 aromatic heterocycles. The quantitative estimate of drug-likeness (QED) is 0.685. The van der Waals surface area contributed by atoms with Crippen LogP contribution in [-0.2, 0) is 6.42 Å². The van der Waals surface area contributed by atoms with Crippen LogP contribution in [0.25, 0.3) is 0 Å². The van der Waals surface area contributed by atoms with Gasteiger partial charge in [-0.2, -0.15) is 0 Å². The second kappa shape index (κ2) is 5.97. The molecule has 0 fully saturated rings. The van der Waals surface area contributed by atoms with Crippen LogP contribution in [0.2, 0.25) is 0 Å². The van der Waals surface area contributed by atoms with E-state index in [-0.39, 0.29) is 0 Å². The highest BCUT2D eigenvalue weighted by molar-refractivity contribution is 9.11. The summed E-state index contributed by atoms with van der Waals surface area (Å²) < 4.78 is 3.00. The lowest BCUT2D eigenvalue weighted by atomic mass is 10.1. The van der Waals surface area contributed by atoms with Gasteiger partial charge < -0.3 is 5.11 Å². The fraction of sp³-hybridized carbons (Fsp3) is 0.167. The fourth-order valence-corrected chi connectivity index (χ4v) is 3.94. The molecule has 2 aromatic rings. The molecule has 1 heterocycles. The molecular formula is C12H9Br3OS. The molecule has 0 bridgehead atoms. The van der Waals surface area contributed by atoms with Crippen molar-refractivity contribution in [2.24, 2.45) is 0 Å². The van der Waals surface area contributed by atoms with E-state index in [1.165, 1.54) is 0 Å². The summed E-state index contributed by atoms with van der Waals surface area (Å²) >= 11 is 12.0. The Morgan fingerprint density at radius 3 is 2.53 bits per heavy atom. The molecule has 0 aliphatic heterocycles. The van der Waals surface area contributed by atoms with Crippen LogP contribution in [0.5, 0.6) is 0 Å². The topological polar surface area (TPSA) is 20.2 Å². The number of hydrogen-bond donors (Lipinski definition) is 1. The summed E-state index contributed by atoms with van der Waals surface area (Å²) in [5.74, 6) is 0. The van der Waals surface area contributed by atoms with Gasteiger partial charge >= 0.3 is 0 Å². The fourth-order valence-electron chi connectivity index (χ4n) is 1.53. The minimum Gasteiger partial charge on any atom is -0.388 e. The summed E-state index contributed by atoms with van der Waals surface area (Å²) in [5, 5.41) is 10.2. The molecule has 0 saturated carbocycles. The van der Waals surface area contributed by atoms with E-state index in [0.717, 1.165) is 23.2 Å². The molecule has 1 aromatic carbocycles. The Morgan fingerprint density at radius 2 is 1.88 bits per heavy atom. The molecule has 1 atom stereocenters. The summed E-state index contributed by atoms with van der Waals surface area (Å²) in [6, 6.07) is 9.86. The van der Waals surface area contributed by atoms with Gasteiger partial charge in [0.25, 0.3) is 0 Å². The van der Waals surface area contributed by atoms with E-state index < -0.39 is 6.10 Å². The molecule has 0 amide bonds. The van der Waals surface area contributed by atoms with Gasteiger partial charge in [-0.25, -0.2) is 0 Å². The molecule has 0 radical (unpaired) electrons. The minimum atomic E-state index is -0.493. The third-order valence-corrected chi connectivity index (χ3v) is 5.20. The molecule has 0 aliphatic carbocycles. The Kier molecular flexibility index (Phi) is 4.83. The molecule has 1 nitrogen and oxygen atoms in total. The van der Waals surface area contributed by atoms with Gasteiger partial charge in [-0.15, -0.1) is 11.3 Å². The second-order valence-corrected chi connectivity index (χ2v) is 7.91. The van der Waals surface area contributed by atoms with Gasteiger partial charge in [-0.3, -0.25) is 0 Å². The van der Waals surface area contributed by atoms with E-state index in [0.29, 0.717) is 6.42 Å². The summed E-state index contributed by atoms with van der Waals surface area (Å²) in [7, 11) is 0. The third kappa shape index (κ3) is 3.64. The van der Waals surface area contributed by atoms with Gasteiger partial charge in [0.1, 0.15) is 0 Å². The molecule has 1 N–H and O–H groups in total. The van der Waals surface area contributed by atoms with Gasteiger partial charge in [0.15, 0.2) is 0 Å². The van der Waals surface area contributed by atoms with Crippen molar-refractivity contribution < 1.29 is 5.11 Å². The van der Waals surface area contributed by atoms with Crippen molar-refractivity contribution in [2.45, 2.75) is 12.5 Å². The largest absolute Gasteiger partial charge is 0.388 e. The molecule has 90 valence electrons. The zero-order valence-electron chi connectivity index (χ0n) is 8.66. The van der Waals surface area contributed by atoms with E-state index in [1.54, 1.807) is 11.3 Å². The van der Waals surface area contributed by atoms with Crippen LogP contribution in [-0.4, -0.2) is 5.11 Å². The lowest BCUT2D eigenvalue weighted by Crippen LogP contribution is -2.01. The van der Waals surface area contributed by atoms with Crippen molar-refractivity contribution in [2.75, 3.05) is 0 Å². The van der Waals surface area contributed by atoms with E-state index in [4.69, 9.17) is 0 Å². The van der Waals surface area contributed by atoms with Gasteiger partial charge in [-0.1, -0.05) is 31.9 Å². The average Bonchev–Trinajstić information content (AvgIpc) is 2.67. The molecule has 0 aliphatic rings. The number of aliphatic hydroxyl groups excluding tert-OH is 1. The van der Waals surface area contributed by atoms with Crippen LogP contribution in [0.15, 0.2) is 43.1 Å². The second-order valence-electron chi connectivity index (χ2n) is 3.59.